The van der Waals surface area contributed by atoms with Crippen LogP contribution in [0.3, 0.4) is 0 Å². The minimum absolute atomic E-state index is 0.213. The number of anilines is 1. The number of aromatic nitrogens is 3. The standard InChI is InChI=1S/C12H14N4/c1-12(4-2-5-12)16-11-9-3-6-13-7-10(9)14-8-15-11/h3,6-8H,2,4-5H2,1H3,(H,14,15,16). The molecular weight excluding hydrogens is 200 g/mol. The molecule has 1 fully saturated rings. The van der Waals surface area contributed by atoms with E-state index in [1.54, 1.807) is 18.7 Å². The van der Waals surface area contributed by atoms with Crippen LogP contribution in [0.5, 0.6) is 0 Å². The summed E-state index contributed by atoms with van der Waals surface area (Å²) in [6.45, 7) is 2.24. The molecule has 4 heteroatoms. The third-order valence-corrected chi connectivity index (χ3v) is 3.32. The van der Waals surface area contributed by atoms with E-state index in [0.717, 1.165) is 16.7 Å². The summed E-state index contributed by atoms with van der Waals surface area (Å²) in [5.41, 5.74) is 1.10. The lowest BCUT2D eigenvalue weighted by Gasteiger charge is -2.39. The molecule has 0 aromatic carbocycles. The van der Waals surface area contributed by atoms with Crippen LogP contribution in [-0.2, 0) is 0 Å². The van der Waals surface area contributed by atoms with Crippen LogP contribution in [0.15, 0.2) is 24.8 Å². The number of fused-ring (bicyclic) bond motifs is 1. The molecule has 2 aromatic rings. The van der Waals surface area contributed by atoms with Gasteiger partial charge in [-0.3, -0.25) is 4.98 Å². The molecular formula is C12H14N4. The summed E-state index contributed by atoms with van der Waals surface area (Å²) in [6, 6.07) is 1.96. The fourth-order valence-electron chi connectivity index (χ4n) is 2.13. The minimum Gasteiger partial charge on any atom is -0.364 e. The van der Waals surface area contributed by atoms with E-state index in [-0.39, 0.29) is 5.54 Å². The highest BCUT2D eigenvalue weighted by molar-refractivity contribution is 5.88. The molecule has 0 radical (unpaired) electrons. The Kier molecular flexibility index (Phi) is 2.02. The first-order valence-corrected chi connectivity index (χ1v) is 5.60. The molecule has 16 heavy (non-hydrogen) atoms. The van der Waals surface area contributed by atoms with E-state index >= 15 is 0 Å². The molecule has 0 bridgehead atoms. The number of nitrogens with zero attached hydrogens (tertiary/aromatic N) is 3. The SMILES string of the molecule is CC1(Nc2ncnc3cnccc23)CCC1. The minimum atomic E-state index is 0.213. The highest BCUT2D eigenvalue weighted by atomic mass is 15.1. The van der Waals surface area contributed by atoms with Crippen molar-refractivity contribution >= 4 is 16.7 Å². The first-order chi connectivity index (χ1) is 7.77. The maximum Gasteiger partial charge on any atom is 0.137 e. The van der Waals surface area contributed by atoms with Crippen LogP contribution < -0.4 is 5.32 Å². The van der Waals surface area contributed by atoms with Crippen molar-refractivity contribution in [2.24, 2.45) is 0 Å². The molecule has 2 heterocycles. The molecule has 1 saturated carbocycles. The van der Waals surface area contributed by atoms with Gasteiger partial charge in [0.05, 0.1) is 11.7 Å². The zero-order valence-corrected chi connectivity index (χ0v) is 9.27. The maximum absolute atomic E-state index is 4.32. The Morgan fingerprint density at radius 2 is 2.19 bits per heavy atom. The lowest BCUT2D eigenvalue weighted by molar-refractivity contribution is 0.306. The summed E-state index contributed by atoms with van der Waals surface area (Å²) in [5.74, 6) is 0.926. The summed E-state index contributed by atoms with van der Waals surface area (Å²) in [5, 5.41) is 4.57. The molecule has 0 unspecified atom stereocenters. The van der Waals surface area contributed by atoms with Gasteiger partial charge in [0.2, 0.25) is 0 Å². The molecule has 3 rings (SSSR count). The highest BCUT2D eigenvalue weighted by Gasteiger charge is 2.32. The number of rotatable bonds is 2. The van der Waals surface area contributed by atoms with Crippen LogP contribution in [0, 0.1) is 0 Å². The van der Waals surface area contributed by atoms with E-state index < -0.39 is 0 Å². The molecule has 0 saturated heterocycles. The van der Waals surface area contributed by atoms with Gasteiger partial charge in [0.25, 0.3) is 0 Å². The predicted octanol–water partition coefficient (Wildman–Crippen LogP) is 2.38. The van der Waals surface area contributed by atoms with Gasteiger partial charge >= 0.3 is 0 Å². The number of nitrogens with one attached hydrogen (secondary N) is 1. The molecule has 0 aliphatic heterocycles. The largest absolute Gasteiger partial charge is 0.364 e. The number of pyridine rings is 1. The zero-order chi connectivity index (χ0) is 11.0. The summed E-state index contributed by atoms with van der Waals surface area (Å²) < 4.78 is 0. The first kappa shape index (κ1) is 9.51. The first-order valence-electron chi connectivity index (χ1n) is 5.60. The fourth-order valence-corrected chi connectivity index (χ4v) is 2.13. The normalized spacial score (nSPS) is 18.1. The van der Waals surface area contributed by atoms with Gasteiger partial charge in [-0.15, -0.1) is 0 Å². The molecule has 0 spiro atoms. The third kappa shape index (κ3) is 1.50. The van der Waals surface area contributed by atoms with Crippen molar-refractivity contribution in [3.8, 4) is 0 Å². The van der Waals surface area contributed by atoms with E-state index in [2.05, 4.69) is 27.2 Å². The smallest absolute Gasteiger partial charge is 0.137 e. The highest BCUT2D eigenvalue weighted by Crippen LogP contribution is 2.35. The van der Waals surface area contributed by atoms with E-state index in [0.29, 0.717) is 0 Å². The van der Waals surface area contributed by atoms with Crippen LogP contribution in [0.4, 0.5) is 5.82 Å². The Morgan fingerprint density at radius 1 is 1.31 bits per heavy atom. The van der Waals surface area contributed by atoms with Crippen molar-refractivity contribution in [3.63, 3.8) is 0 Å². The number of hydrogen-bond donors (Lipinski definition) is 1. The van der Waals surface area contributed by atoms with Gasteiger partial charge in [0.1, 0.15) is 12.1 Å². The average molecular weight is 214 g/mol. The van der Waals surface area contributed by atoms with Gasteiger partial charge in [0, 0.05) is 17.1 Å². The third-order valence-electron chi connectivity index (χ3n) is 3.32. The monoisotopic (exact) mass is 214 g/mol. The Bertz CT molecular complexity index is 514. The molecule has 0 amide bonds. The van der Waals surface area contributed by atoms with Gasteiger partial charge < -0.3 is 5.32 Å². The molecule has 1 aliphatic rings. The molecule has 82 valence electrons. The molecule has 0 atom stereocenters. The van der Waals surface area contributed by atoms with Crippen molar-refractivity contribution in [1.82, 2.24) is 15.0 Å². The van der Waals surface area contributed by atoms with Crippen LogP contribution in [0.1, 0.15) is 26.2 Å². The molecule has 4 nitrogen and oxygen atoms in total. The zero-order valence-electron chi connectivity index (χ0n) is 9.27. The topological polar surface area (TPSA) is 50.7 Å². The number of hydrogen-bond acceptors (Lipinski definition) is 4. The van der Waals surface area contributed by atoms with Gasteiger partial charge in [-0.05, 0) is 32.3 Å². The second-order valence-electron chi connectivity index (χ2n) is 4.65. The molecule has 1 aliphatic carbocycles. The lowest BCUT2D eigenvalue weighted by atomic mass is 9.78. The van der Waals surface area contributed by atoms with Crippen molar-refractivity contribution < 1.29 is 0 Å². The second kappa shape index (κ2) is 3.40. The van der Waals surface area contributed by atoms with Crippen LogP contribution in [0.2, 0.25) is 0 Å². The summed E-state index contributed by atoms with van der Waals surface area (Å²) >= 11 is 0. The van der Waals surface area contributed by atoms with Gasteiger partial charge in [-0.1, -0.05) is 0 Å². The second-order valence-corrected chi connectivity index (χ2v) is 4.65. The Hall–Kier alpha value is -1.71. The van der Waals surface area contributed by atoms with E-state index in [4.69, 9.17) is 0 Å². The Labute approximate surface area is 94.1 Å². The van der Waals surface area contributed by atoms with E-state index in [1.807, 2.05) is 6.07 Å². The molecule has 2 aromatic heterocycles. The van der Waals surface area contributed by atoms with Crippen LogP contribution in [0.25, 0.3) is 10.9 Å². The Morgan fingerprint density at radius 3 is 2.94 bits per heavy atom. The summed E-state index contributed by atoms with van der Waals surface area (Å²) in [4.78, 5) is 12.6. The van der Waals surface area contributed by atoms with Gasteiger partial charge in [0.15, 0.2) is 0 Å². The summed E-state index contributed by atoms with van der Waals surface area (Å²) in [7, 11) is 0. The molecule has 1 N–H and O–H groups in total. The van der Waals surface area contributed by atoms with Crippen molar-refractivity contribution in [1.29, 1.82) is 0 Å². The van der Waals surface area contributed by atoms with Gasteiger partial charge in [-0.2, -0.15) is 0 Å². The lowest BCUT2D eigenvalue weighted by Crippen LogP contribution is -2.41. The predicted molar refractivity (Wildman–Crippen MR) is 63.2 cm³/mol. The van der Waals surface area contributed by atoms with Gasteiger partial charge in [-0.25, -0.2) is 9.97 Å². The van der Waals surface area contributed by atoms with Crippen molar-refractivity contribution in [3.05, 3.63) is 24.8 Å². The van der Waals surface area contributed by atoms with E-state index in [9.17, 15) is 0 Å². The van der Waals surface area contributed by atoms with E-state index in [1.165, 1.54) is 19.3 Å². The van der Waals surface area contributed by atoms with Crippen LogP contribution >= 0.6 is 0 Å². The van der Waals surface area contributed by atoms with Crippen molar-refractivity contribution in [2.45, 2.75) is 31.7 Å². The average Bonchev–Trinajstić information content (AvgIpc) is 2.27. The van der Waals surface area contributed by atoms with Crippen LogP contribution in [-0.4, -0.2) is 20.5 Å². The summed E-state index contributed by atoms with van der Waals surface area (Å²) in [6.07, 6.45) is 8.86. The van der Waals surface area contributed by atoms with Crippen molar-refractivity contribution in [2.75, 3.05) is 5.32 Å². The maximum atomic E-state index is 4.32. The quantitative estimate of drug-likeness (QED) is 0.833. The Balaban J connectivity index is 2.03. The fraction of sp³-hybridized carbons (Fsp3) is 0.417.